The molecule has 0 unspecified atom stereocenters. The van der Waals surface area contributed by atoms with Crippen LogP contribution in [0.3, 0.4) is 0 Å². The molecule has 2 rings (SSSR count). The Morgan fingerprint density at radius 1 is 1.39 bits per heavy atom. The average Bonchev–Trinajstić information content (AvgIpc) is 2.79. The van der Waals surface area contributed by atoms with Crippen LogP contribution in [0.25, 0.3) is 0 Å². The topological polar surface area (TPSA) is 62.5 Å². The van der Waals surface area contributed by atoms with Crippen molar-refractivity contribution in [3.05, 3.63) is 51.3 Å². The average molecular weight is 331 g/mol. The molecule has 0 radical (unpaired) electrons. The standard InChI is InChI=1S/C12H9BrClNO3/c13-9-3-1-7(5-10(9)14)15-6-8-2-4-11(18-8)12(16)17/h1-5,15H,6H2,(H,16,17). The van der Waals surface area contributed by atoms with E-state index >= 15 is 0 Å². The van der Waals surface area contributed by atoms with E-state index < -0.39 is 5.97 Å². The highest BCUT2D eigenvalue weighted by Crippen LogP contribution is 2.25. The van der Waals surface area contributed by atoms with Crippen molar-refractivity contribution >= 4 is 39.2 Å². The van der Waals surface area contributed by atoms with Crippen LogP contribution in [0.15, 0.2) is 39.2 Å². The maximum absolute atomic E-state index is 10.6. The molecule has 2 N–H and O–H groups in total. The number of carboxylic acids is 1. The van der Waals surface area contributed by atoms with Crippen molar-refractivity contribution in [2.24, 2.45) is 0 Å². The molecule has 1 aromatic heterocycles. The lowest BCUT2D eigenvalue weighted by atomic mass is 10.3. The molecule has 0 aliphatic heterocycles. The molecular weight excluding hydrogens is 321 g/mol. The molecule has 2 aromatic rings. The first-order chi connectivity index (χ1) is 8.56. The van der Waals surface area contributed by atoms with E-state index in [1.807, 2.05) is 12.1 Å². The van der Waals surface area contributed by atoms with Crippen LogP contribution in [0.1, 0.15) is 16.3 Å². The van der Waals surface area contributed by atoms with Crippen LogP contribution in [0.5, 0.6) is 0 Å². The van der Waals surface area contributed by atoms with Gasteiger partial charge in [-0.3, -0.25) is 0 Å². The first kappa shape index (κ1) is 13.0. The van der Waals surface area contributed by atoms with E-state index in [1.165, 1.54) is 6.07 Å². The summed E-state index contributed by atoms with van der Waals surface area (Å²) < 4.78 is 5.94. The predicted molar refractivity (Wildman–Crippen MR) is 72.1 cm³/mol. The quantitative estimate of drug-likeness (QED) is 0.889. The third kappa shape index (κ3) is 3.05. The van der Waals surface area contributed by atoms with E-state index in [9.17, 15) is 4.79 Å². The lowest BCUT2D eigenvalue weighted by Crippen LogP contribution is -1.98. The lowest BCUT2D eigenvalue weighted by molar-refractivity contribution is 0.0660. The van der Waals surface area contributed by atoms with E-state index in [2.05, 4.69) is 21.2 Å². The largest absolute Gasteiger partial charge is 0.475 e. The molecule has 18 heavy (non-hydrogen) atoms. The van der Waals surface area contributed by atoms with Crippen LogP contribution >= 0.6 is 27.5 Å². The summed E-state index contributed by atoms with van der Waals surface area (Å²) in [5, 5.41) is 12.4. The van der Waals surface area contributed by atoms with Crippen molar-refractivity contribution in [1.82, 2.24) is 0 Å². The normalized spacial score (nSPS) is 10.3. The summed E-state index contributed by atoms with van der Waals surface area (Å²) in [5.41, 5.74) is 0.830. The van der Waals surface area contributed by atoms with Crippen molar-refractivity contribution in [1.29, 1.82) is 0 Å². The smallest absolute Gasteiger partial charge is 0.371 e. The second kappa shape index (κ2) is 5.46. The van der Waals surface area contributed by atoms with E-state index in [-0.39, 0.29) is 5.76 Å². The van der Waals surface area contributed by atoms with E-state index in [4.69, 9.17) is 21.1 Å². The first-order valence-corrected chi connectivity index (χ1v) is 6.24. The van der Waals surface area contributed by atoms with E-state index in [0.29, 0.717) is 17.3 Å². The highest BCUT2D eigenvalue weighted by Gasteiger charge is 2.08. The zero-order valence-corrected chi connectivity index (χ0v) is 11.5. The molecule has 0 amide bonds. The Morgan fingerprint density at radius 3 is 2.78 bits per heavy atom. The zero-order valence-electron chi connectivity index (χ0n) is 9.11. The molecule has 94 valence electrons. The zero-order chi connectivity index (χ0) is 13.1. The van der Waals surface area contributed by atoms with Gasteiger partial charge in [0.25, 0.3) is 0 Å². The number of carboxylic acid groups (broad SMARTS) is 1. The van der Waals surface area contributed by atoms with Gasteiger partial charge < -0.3 is 14.8 Å². The number of rotatable bonds is 4. The van der Waals surface area contributed by atoms with Gasteiger partial charge in [0.2, 0.25) is 5.76 Å². The summed E-state index contributed by atoms with van der Waals surface area (Å²) in [4.78, 5) is 10.6. The van der Waals surface area contributed by atoms with Gasteiger partial charge in [0, 0.05) is 10.2 Å². The maximum Gasteiger partial charge on any atom is 0.371 e. The Morgan fingerprint density at radius 2 is 2.17 bits per heavy atom. The Kier molecular flexibility index (Phi) is 3.93. The van der Waals surface area contributed by atoms with Crippen molar-refractivity contribution in [2.45, 2.75) is 6.54 Å². The molecule has 0 atom stereocenters. The molecule has 0 aliphatic rings. The fourth-order valence-corrected chi connectivity index (χ4v) is 1.81. The van der Waals surface area contributed by atoms with Gasteiger partial charge in [-0.2, -0.15) is 0 Å². The molecule has 1 heterocycles. The van der Waals surface area contributed by atoms with Gasteiger partial charge in [-0.25, -0.2) is 4.79 Å². The third-order valence-electron chi connectivity index (χ3n) is 2.26. The molecule has 0 bridgehead atoms. The third-order valence-corrected chi connectivity index (χ3v) is 3.49. The Labute approximate surface area is 117 Å². The number of hydrogen-bond donors (Lipinski definition) is 2. The van der Waals surface area contributed by atoms with Crippen LogP contribution in [-0.4, -0.2) is 11.1 Å². The highest BCUT2D eigenvalue weighted by atomic mass is 79.9. The minimum Gasteiger partial charge on any atom is -0.475 e. The van der Waals surface area contributed by atoms with Gasteiger partial charge in [0.15, 0.2) is 0 Å². The fourth-order valence-electron chi connectivity index (χ4n) is 1.38. The number of furan rings is 1. The second-order valence-corrected chi connectivity index (χ2v) is 4.82. The van der Waals surface area contributed by atoms with Gasteiger partial charge in [-0.05, 0) is 46.3 Å². The summed E-state index contributed by atoms with van der Waals surface area (Å²) in [6, 6.07) is 8.50. The molecule has 0 aliphatic carbocycles. The van der Waals surface area contributed by atoms with Gasteiger partial charge in [-0.1, -0.05) is 11.6 Å². The predicted octanol–water partition coefficient (Wildman–Crippen LogP) is 4.01. The number of aromatic carboxylic acids is 1. The minimum absolute atomic E-state index is 0.0689. The maximum atomic E-state index is 10.6. The van der Waals surface area contributed by atoms with Crippen LogP contribution in [0.2, 0.25) is 5.02 Å². The molecule has 6 heteroatoms. The number of nitrogens with one attached hydrogen (secondary N) is 1. The molecule has 0 fully saturated rings. The van der Waals surface area contributed by atoms with Gasteiger partial charge in [0.05, 0.1) is 11.6 Å². The summed E-state index contributed by atoms with van der Waals surface area (Å²) in [6.07, 6.45) is 0. The van der Waals surface area contributed by atoms with Crippen LogP contribution in [0, 0.1) is 0 Å². The van der Waals surface area contributed by atoms with Crippen molar-refractivity contribution in [3.63, 3.8) is 0 Å². The second-order valence-electron chi connectivity index (χ2n) is 3.55. The summed E-state index contributed by atoms with van der Waals surface area (Å²) in [7, 11) is 0. The van der Waals surface area contributed by atoms with Crippen LogP contribution in [0.4, 0.5) is 5.69 Å². The number of anilines is 1. The van der Waals surface area contributed by atoms with Crippen molar-refractivity contribution < 1.29 is 14.3 Å². The van der Waals surface area contributed by atoms with Crippen LogP contribution in [-0.2, 0) is 6.54 Å². The highest BCUT2D eigenvalue weighted by molar-refractivity contribution is 9.10. The SMILES string of the molecule is O=C(O)c1ccc(CNc2ccc(Br)c(Cl)c2)o1. The van der Waals surface area contributed by atoms with E-state index in [1.54, 1.807) is 12.1 Å². The Hall–Kier alpha value is -1.46. The van der Waals surface area contributed by atoms with Gasteiger partial charge >= 0.3 is 5.97 Å². The molecule has 0 spiro atoms. The molecule has 4 nitrogen and oxygen atoms in total. The Balaban J connectivity index is 2.02. The van der Waals surface area contributed by atoms with Gasteiger partial charge in [-0.15, -0.1) is 0 Å². The fraction of sp³-hybridized carbons (Fsp3) is 0.0833. The van der Waals surface area contributed by atoms with E-state index in [0.717, 1.165) is 10.2 Å². The summed E-state index contributed by atoms with van der Waals surface area (Å²) >= 11 is 9.25. The molecular formula is C12H9BrClNO3. The number of carbonyl (C=O) groups is 1. The van der Waals surface area contributed by atoms with Crippen molar-refractivity contribution in [3.8, 4) is 0 Å². The Bertz CT molecular complexity index is 582. The number of halogens is 2. The summed E-state index contributed by atoms with van der Waals surface area (Å²) in [6.45, 7) is 0.394. The first-order valence-electron chi connectivity index (χ1n) is 5.07. The molecule has 0 saturated heterocycles. The van der Waals surface area contributed by atoms with Crippen LogP contribution < -0.4 is 5.32 Å². The van der Waals surface area contributed by atoms with Gasteiger partial charge in [0.1, 0.15) is 5.76 Å². The number of benzene rings is 1. The minimum atomic E-state index is -1.08. The van der Waals surface area contributed by atoms with Crippen molar-refractivity contribution in [2.75, 3.05) is 5.32 Å². The molecule has 0 saturated carbocycles. The monoisotopic (exact) mass is 329 g/mol. The molecule has 1 aromatic carbocycles. The lowest BCUT2D eigenvalue weighted by Gasteiger charge is -2.05. The number of hydrogen-bond acceptors (Lipinski definition) is 3. The summed E-state index contributed by atoms with van der Waals surface area (Å²) in [5.74, 6) is -0.597.